The van der Waals surface area contributed by atoms with Gasteiger partial charge in [-0.05, 0) is 25.7 Å². The molecule has 0 aromatic carbocycles. The maximum atomic E-state index is 8.11. The molecule has 0 heterocycles. The molecule has 0 aromatic rings. The maximum absolute atomic E-state index is 8.11. The van der Waals surface area contributed by atoms with E-state index in [4.69, 9.17) is 20.2 Å². The van der Waals surface area contributed by atoms with Gasteiger partial charge < -0.3 is 10.4 Å². The molecule has 0 amide bonds. The summed E-state index contributed by atoms with van der Waals surface area (Å²) in [6, 6.07) is 1.15. The van der Waals surface area contributed by atoms with Gasteiger partial charge in [-0.15, -0.1) is 9.81 Å². The van der Waals surface area contributed by atoms with Crippen LogP contribution in [0.1, 0.15) is 64.2 Å². The molecule has 0 unspecified atom stereocenters. The second-order valence-electron chi connectivity index (χ2n) is 4.98. The molecule has 0 saturated heterocycles. The van der Waals surface area contributed by atoms with E-state index in [1.807, 2.05) is 0 Å². The van der Waals surface area contributed by atoms with Crippen LogP contribution in [0.25, 0.3) is 0 Å². The summed E-state index contributed by atoms with van der Waals surface area (Å²) in [5.74, 6) is 0. The number of azo groups is 1. The number of hydrogen-bond acceptors (Lipinski definition) is 6. The van der Waals surface area contributed by atoms with Crippen LogP contribution in [0, 0.1) is 9.81 Å². The van der Waals surface area contributed by atoms with Crippen LogP contribution in [0.5, 0.6) is 0 Å². The SMILES string of the molecule is C1CCC(N=NC2CCCCC2)CC1.O=NO.O=NO. The van der Waals surface area contributed by atoms with Crippen molar-refractivity contribution < 1.29 is 10.4 Å². The Bertz CT molecular complexity index is 238. The lowest BCUT2D eigenvalue weighted by atomic mass is 9.95. The van der Waals surface area contributed by atoms with Crippen molar-refractivity contribution >= 4 is 0 Å². The lowest BCUT2D eigenvalue weighted by Crippen LogP contribution is -2.12. The van der Waals surface area contributed by atoms with E-state index in [-0.39, 0.29) is 0 Å². The zero-order valence-corrected chi connectivity index (χ0v) is 11.7. The zero-order valence-electron chi connectivity index (χ0n) is 11.7. The van der Waals surface area contributed by atoms with Crippen LogP contribution < -0.4 is 0 Å². The summed E-state index contributed by atoms with van der Waals surface area (Å²) < 4.78 is 0. The summed E-state index contributed by atoms with van der Waals surface area (Å²) in [5.41, 5.74) is 0. The van der Waals surface area contributed by atoms with Gasteiger partial charge in [0, 0.05) is 0 Å². The first kappa shape index (κ1) is 18.4. The fourth-order valence-electron chi connectivity index (χ4n) is 2.58. The average molecular weight is 288 g/mol. The molecular weight excluding hydrogens is 264 g/mol. The predicted molar refractivity (Wildman–Crippen MR) is 73.8 cm³/mol. The molecule has 0 radical (unpaired) electrons. The molecule has 20 heavy (non-hydrogen) atoms. The van der Waals surface area contributed by atoms with Crippen molar-refractivity contribution in [1.29, 1.82) is 0 Å². The topological polar surface area (TPSA) is 124 Å². The van der Waals surface area contributed by atoms with E-state index in [1.165, 1.54) is 74.9 Å². The maximum Gasteiger partial charge on any atom is 0.152 e. The smallest absolute Gasteiger partial charge is 0.152 e. The highest BCUT2D eigenvalue weighted by molar-refractivity contribution is 4.73. The number of rotatable bonds is 2. The highest BCUT2D eigenvalue weighted by Gasteiger charge is 2.15. The second kappa shape index (κ2) is 13.8. The molecule has 2 saturated carbocycles. The minimum absolute atomic E-state index is 0.575. The molecule has 0 aliphatic heterocycles. The summed E-state index contributed by atoms with van der Waals surface area (Å²) in [7, 11) is 0. The van der Waals surface area contributed by atoms with E-state index in [9.17, 15) is 0 Å². The molecule has 0 atom stereocenters. The van der Waals surface area contributed by atoms with Crippen molar-refractivity contribution in [1.82, 2.24) is 0 Å². The van der Waals surface area contributed by atoms with E-state index >= 15 is 0 Å². The van der Waals surface area contributed by atoms with Gasteiger partial charge in [-0.2, -0.15) is 10.2 Å². The standard InChI is InChI=1S/C12H22N2.2HNO2/c1-3-7-11(8-4-1)13-14-12-9-5-2-6-10-12;2*2-1-3/h11-12H,1-10H2;2*(H,2,3). The normalized spacial score (nSPS) is 20.2. The van der Waals surface area contributed by atoms with Crippen LogP contribution in [0.2, 0.25) is 0 Å². The zero-order chi connectivity index (χ0) is 15.1. The van der Waals surface area contributed by atoms with Crippen molar-refractivity contribution in [2.45, 2.75) is 76.3 Å². The second-order valence-corrected chi connectivity index (χ2v) is 4.98. The largest absolute Gasteiger partial charge is 0.379 e. The Balaban J connectivity index is 0.000000520. The first-order valence-corrected chi connectivity index (χ1v) is 7.11. The van der Waals surface area contributed by atoms with Crippen LogP contribution in [0.15, 0.2) is 20.9 Å². The van der Waals surface area contributed by atoms with Crippen molar-refractivity contribution in [3.05, 3.63) is 9.81 Å². The monoisotopic (exact) mass is 288 g/mol. The average Bonchev–Trinajstić information content (AvgIpc) is 2.49. The Morgan fingerprint density at radius 3 is 1.10 bits per heavy atom. The summed E-state index contributed by atoms with van der Waals surface area (Å²) in [6.07, 6.45) is 13.5. The van der Waals surface area contributed by atoms with Gasteiger partial charge in [-0.25, -0.2) is 0 Å². The number of hydrogen-bond donors (Lipinski definition) is 2. The number of nitrogens with zero attached hydrogens (tertiary/aromatic N) is 4. The van der Waals surface area contributed by atoms with E-state index in [1.54, 1.807) is 0 Å². The molecule has 2 rings (SSSR count). The van der Waals surface area contributed by atoms with E-state index in [0.29, 0.717) is 12.1 Å². The molecule has 2 aliphatic rings. The minimum atomic E-state index is 0.575. The van der Waals surface area contributed by atoms with Crippen LogP contribution in [-0.4, -0.2) is 22.5 Å². The first-order valence-electron chi connectivity index (χ1n) is 7.11. The quantitative estimate of drug-likeness (QED) is 0.444. The molecule has 2 aliphatic carbocycles. The van der Waals surface area contributed by atoms with E-state index < -0.39 is 0 Å². The summed E-state index contributed by atoms with van der Waals surface area (Å²) in [4.78, 5) is 16.2. The van der Waals surface area contributed by atoms with Gasteiger partial charge in [0.05, 0.1) is 12.1 Å². The Hall–Kier alpha value is -1.60. The first-order chi connectivity index (χ1) is 9.78. The Labute approximate surface area is 118 Å². The van der Waals surface area contributed by atoms with Crippen LogP contribution in [0.3, 0.4) is 0 Å². The van der Waals surface area contributed by atoms with Gasteiger partial charge in [0.1, 0.15) is 0 Å². The van der Waals surface area contributed by atoms with Gasteiger partial charge in [-0.3, -0.25) is 0 Å². The Morgan fingerprint density at radius 1 is 0.600 bits per heavy atom. The molecule has 116 valence electrons. The van der Waals surface area contributed by atoms with Crippen molar-refractivity contribution in [2.24, 2.45) is 20.9 Å². The highest BCUT2D eigenvalue weighted by Crippen LogP contribution is 2.24. The van der Waals surface area contributed by atoms with Crippen molar-refractivity contribution in [2.75, 3.05) is 0 Å². The van der Waals surface area contributed by atoms with Crippen LogP contribution >= 0.6 is 0 Å². The molecule has 0 bridgehead atoms. The minimum Gasteiger partial charge on any atom is -0.379 e. The van der Waals surface area contributed by atoms with Gasteiger partial charge in [-0.1, -0.05) is 38.5 Å². The summed E-state index contributed by atoms with van der Waals surface area (Å²) >= 11 is 0. The van der Waals surface area contributed by atoms with Crippen LogP contribution in [-0.2, 0) is 0 Å². The Morgan fingerprint density at radius 2 is 0.850 bits per heavy atom. The third-order valence-electron chi connectivity index (χ3n) is 3.54. The molecule has 8 heteroatoms. The van der Waals surface area contributed by atoms with E-state index in [2.05, 4.69) is 10.2 Å². The molecular formula is C12H24N4O4. The summed E-state index contributed by atoms with van der Waals surface area (Å²) in [6.45, 7) is 0. The van der Waals surface area contributed by atoms with Gasteiger partial charge >= 0.3 is 0 Å². The van der Waals surface area contributed by atoms with E-state index in [0.717, 1.165) is 0 Å². The van der Waals surface area contributed by atoms with Crippen molar-refractivity contribution in [3.63, 3.8) is 0 Å². The lowest BCUT2D eigenvalue weighted by molar-refractivity contribution is 0.312. The summed E-state index contributed by atoms with van der Waals surface area (Å²) in [5, 5.41) is 24.8. The molecule has 8 nitrogen and oxygen atoms in total. The Kier molecular flexibility index (Phi) is 12.7. The molecule has 2 fully saturated rings. The van der Waals surface area contributed by atoms with Gasteiger partial charge in [0.15, 0.2) is 10.7 Å². The molecule has 2 N–H and O–H groups in total. The fraction of sp³-hybridized carbons (Fsp3) is 1.00. The fourth-order valence-corrected chi connectivity index (χ4v) is 2.58. The molecule has 0 aromatic heterocycles. The van der Waals surface area contributed by atoms with Crippen molar-refractivity contribution in [3.8, 4) is 0 Å². The highest BCUT2D eigenvalue weighted by atomic mass is 16.6. The predicted octanol–water partition coefficient (Wildman–Crippen LogP) is 4.39. The van der Waals surface area contributed by atoms with Gasteiger partial charge in [0.2, 0.25) is 0 Å². The third-order valence-corrected chi connectivity index (χ3v) is 3.54. The van der Waals surface area contributed by atoms with Crippen LogP contribution in [0.4, 0.5) is 0 Å². The van der Waals surface area contributed by atoms with Gasteiger partial charge in [0.25, 0.3) is 0 Å². The third kappa shape index (κ3) is 10.3. The lowest BCUT2D eigenvalue weighted by Gasteiger charge is -2.19. The molecule has 0 spiro atoms.